The number of hydrogen-bond acceptors (Lipinski definition) is 5. The minimum absolute atomic E-state index is 0.607. The van der Waals surface area contributed by atoms with Crippen molar-refractivity contribution in [1.82, 2.24) is 15.0 Å². The standard InChI is InChI=1S/C43H25N3OS/c1-3-12-26(13-4-1)30-22-23-34-39(33-24-28-16-7-8-17-29(28)25-35(33)47-34)40(30)43-45-41(27-14-5-2-6-15-27)44-42(46-43)32-19-11-21-37-38(32)31-18-9-10-20-36(31)48-37/h1-25H. The van der Waals surface area contributed by atoms with Gasteiger partial charge >= 0.3 is 0 Å². The van der Waals surface area contributed by atoms with Crippen LogP contribution < -0.4 is 0 Å². The summed E-state index contributed by atoms with van der Waals surface area (Å²) in [6, 6.07) is 52.6. The number of aromatic nitrogens is 3. The first-order valence-corrected chi connectivity index (χ1v) is 16.8. The van der Waals surface area contributed by atoms with Gasteiger partial charge in [0.25, 0.3) is 0 Å². The van der Waals surface area contributed by atoms with Gasteiger partial charge in [-0.15, -0.1) is 11.3 Å². The third-order valence-corrected chi connectivity index (χ3v) is 10.3. The van der Waals surface area contributed by atoms with Crippen molar-refractivity contribution in [1.29, 1.82) is 0 Å². The molecule has 3 aromatic heterocycles. The van der Waals surface area contributed by atoms with E-state index in [4.69, 9.17) is 19.4 Å². The highest BCUT2D eigenvalue weighted by molar-refractivity contribution is 7.25. The van der Waals surface area contributed by atoms with Gasteiger partial charge in [-0.25, -0.2) is 15.0 Å². The second-order valence-electron chi connectivity index (χ2n) is 12.0. The van der Waals surface area contributed by atoms with Crippen LogP contribution in [0.15, 0.2) is 156 Å². The average Bonchev–Trinajstić information content (AvgIpc) is 3.72. The van der Waals surface area contributed by atoms with E-state index < -0.39 is 0 Å². The molecule has 5 heteroatoms. The molecule has 4 nitrogen and oxygen atoms in total. The van der Waals surface area contributed by atoms with Gasteiger partial charge in [0.2, 0.25) is 0 Å². The summed E-state index contributed by atoms with van der Waals surface area (Å²) >= 11 is 1.79. The minimum Gasteiger partial charge on any atom is -0.456 e. The molecule has 10 aromatic rings. The van der Waals surface area contributed by atoms with Crippen LogP contribution in [0, 0.1) is 0 Å². The van der Waals surface area contributed by atoms with Gasteiger partial charge in [-0.1, -0.05) is 115 Å². The van der Waals surface area contributed by atoms with Crippen LogP contribution in [-0.2, 0) is 0 Å². The van der Waals surface area contributed by atoms with Crippen molar-refractivity contribution in [2.45, 2.75) is 0 Å². The number of rotatable bonds is 4. The fourth-order valence-corrected chi connectivity index (χ4v) is 8.06. The smallest absolute Gasteiger partial charge is 0.165 e. The van der Waals surface area contributed by atoms with E-state index in [-0.39, 0.29) is 0 Å². The Kier molecular flexibility index (Phi) is 6.01. The molecule has 10 rings (SSSR count). The van der Waals surface area contributed by atoms with Gasteiger partial charge in [0, 0.05) is 47.6 Å². The molecule has 0 aliphatic heterocycles. The summed E-state index contributed by atoms with van der Waals surface area (Å²) in [5, 5.41) is 6.69. The quantitative estimate of drug-likeness (QED) is 0.194. The summed E-state index contributed by atoms with van der Waals surface area (Å²) in [5.74, 6) is 1.87. The first kappa shape index (κ1) is 27.0. The Bertz CT molecular complexity index is 2840. The molecule has 0 amide bonds. The maximum atomic E-state index is 6.57. The van der Waals surface area contributed by atoms with Crippen molar-refractivity contribution in [2.24, 2.45) is 0 Å². The molecule has 0 radical (unpaired) electrons. The fourth-order valence-electron chi connectivity index (χ4n) is 6.93. The molecule has 0 unspecified atom stereocenters. The number of benzene rings is 7. The van der Waals surface area contributed by atoms with E-state index in [1.807, 2.05) is 24.3 Å². The second kappa shape index (κ2) is 10.7. The lowest BCUT2D eigenvalue weighted by atomic mass is 9.94. The van der Waals surface area contributed by atoms with E-state index in [0.717, 1.165) is 65.9 Å². The Hall–Kier alpha value is -6.17. The molecular weight excluding hydrogens is 607 g/mol. The zero-order chi connectivity index (χ0) is 31.6. The normalized spacial score (nSPS) is 11.8. The van der Waals surface area contributed by atoms with Gasteiger partial charge < -0.3 is 4.42 Å². The van der Waals surface area contributed by atoms with Crippen LogP contribution in [0.4, 0.5) is 0 Å². The average molecular weight is 632 g/mol. The Morgan fingerprint density at radius 3 is 1.92 bits per heavy atom. The van der Waals surface area contributed by atoms with Crippen LogP contribution in [0.5, 0.6) is 0 Å². The van der Waals surface area contributed by atoms with Crippen molar-refractivity contribution in [3.8, 4) is 45.3 Å². The van der Waals surface area contributed by atoms with Crippen LogP contribution in [0.25, 0.3) is 98.2 Å². The molecule has 0 aliphatic carbocycles. The Balaban J connectivity index is 1.34. The summed E-state index contributed by atoms with van der Waals surface area (Å²) in [4.78, 5) is 15.8. The minimum atomic E-state index is 0.607. The number of hydrogen-bond donors (Lipinski definition) is 0. The van der Waals surface area contributed by atoms with E-state index in [9.17, 15) is 0 Å². The van der Waals surface area contributed by atoms with Crippen LogP contribution in [-0.4, -0.2) is 15.0 Å². The van der Waals surface area contributed by atoms with E-state index >= 15 is 0 Å². The lowest BCUT2D eigenvalue weighted by Crippen LogP contribution is -2.01. The highest BCUT2D eigenvalue weighted by Crippen LogP contribution is 2.44. The van der Waals surface area contributed by atoms with E-state index in [2.05, 4.69) is 127 Å². The van der Waals surface area contributed by atoms with Crippen LogP contribution in [0.1, 0.15) is 0 Å². The zero-order valence-corrected chi connectivity index (χ0v) is 26.4. The number of fused-ring (bicyclic) bond motifs is 7. The first-order chi connectivity index (χ1) is 23.8. The molecule has 0 saturated heterocycles. The highest BCUT2D eigenvalue weighted by Gasteiger charge is 2.23. The van der Waals surface area contributed by atoms with E-state index in [1.54, 1.807) is 11.3 Å². The van der Waals surface area contributed by atoms with Gasteiger partial charge in [0.15, 0.2) is 17.5 Å². The Morgan fingerprint density at radius 2 is 1.08 bits per heavy atom. The molecule has 224 valence electrons. The van der Waals surface area contributed by atoms with Crippen molar-refractivity contribution < 1.29 is 4.42 Å². The Labute approximate surface area is 279 Å². The third kappa shape index (κ3) is 4.25. The molecule has 0 bridgehead atoms. The third-order valence-electron chi connectivity index (χ3n) is 9.12. The van der Waals surface area contributed by atoms with Gasteiger partial charge in [-0.2, -0.15) is 0 Å². The van der Waals surface area contributed by atoms with Crippen molar-refractivity contribution in [2.75, 3.05) is 0 Å². The highest BCUT2D eigenvalue weighted by atomic mass is 32.1. The molecule has 48 heavy (non-hydrogen) atoms. The Morgan fingerprint density at radius 1 is 0.417 bits per heavy atom. The number of furan rings is 1. The predicted molar refractivity (Wildman–Crippen MR) is 199 cm³/mol. The molecule has 0 atom stereocenters. The monoisotopic (exact) mass is 631 g/mol. The molecule has 7 aromatic carbocycles. The number of nitrogens with zero attached hydrogens (tertiary/aromatic N) is 3. The van der Waals surface area contributed by atoms with Crippen molar-refractivity contribution >= 4 is 64.2 Å². The van der Waals surface area contributed by atoms with Gasteiger partial charge in [-0.05, 0) is 58.3 Å². The zero-order valence-electron chi connectivity index (χ0n) is 25.6. The summed E-state index contributed by atoms with van der Waals surface area (Å²) in [6.07, 6.45) is 0. The van der Waals surface area contributed by atoms with Crippen molar-refractivity contribution in [3.05, 3.63) is 152 Å². The molecular formula is C43H25N3OS. The first-order valence-electron chi connectivity index (χ1n) is 15.9. The predicted octanol–water partition coefficient (Wildman–Crippen LogP) is 12.0. The van der Waals surface area contributed by atoms with Crippen LogP contribution in [0.2, 0.25) is 0 Å². The lowest BCUT2D eigenvalue weighted by Gasteiger charge is -2.14. The van der Waals surface area contributed by atoms with Crippen LogP contribution in [0.3, 0.4) is 0 Å². The number of thiophene rings is 1. The SMILES string of the molecule is c1ccc(-c2nc(-c3c(-c4ccccc4)ccc4oc5cc6ccccc6cc5c34)nc(-c3cccc4sc5ccccc5c34)n2)cc1. The summed E-state index contributed by atoms with van der Waals surface area (Å²) in [6.45, 7) is 0. The molecule has 0 spiro atoms. The molecule has 0 saturated carbocycles. The summed E-state index contributed by atoms with van der Waals surface area (Å²) < 4.78 is 9.02. The van der Waals surface area contributed by atoms with Gasteiger partial charge in [-0.3, -0.25) is 0 Å². The molecule has 3 heterocycles. The second-order valence-corrected chi connectivity index (χ2v) is 13.1. The van der Waals surface area contributed by atoms with E-state index in [0.29, 0.717) is 17.5 Å². The van der Waals surface area contributed by atoms with Crippen molar-refractivity contribution in [3.63, 3.8) is 0 Å². The summed E-state index contributed by atoms with van der Waals surface area (Å²) in [7, 11) is 0. The van der Waals surface area contributed by atoms with E-state index in [1.165, 1.54) is 14.8 Å². The lowest BCUT2D eigenvalue weighted by molar-refractivity contribution is 0.669. The topological polar surface area (TPSA) is 51.8 Å². The largest absolute Gasteiger partial charge is 0.456 e. The maximum absolute atomic E-state index is 6.57. The van der Waals surface area contributed by atoms with Gasteiger partial charge in [0.05, 0.1) is 0 Å². The molecule has 0 aliphatic rings. The molecule has 0 fully saturated rings. The maximum Gasteiger partial charge on any atom is 0.165 e. The fraction of sp³-hybridized carbons (Fsp3) is 0. The molecule has 0 N–H and O–H groups in total. The summed E-state index contributed by atoms with van der Waals surface area (Å²) in [5.41, 5.74) is 6.60. The van der Waals surface area contributed by atoms with Crippen LogP contribution >= 0.6 is 11.3 Å². The van der Waals surface area contributed by atoms with Gasteiger partial charge in [0.1, 0.15) is 11.2 Å².